The second-order valence-corrected chi connectivity index (χ2v) is 1.20. The number of carboxylic acids is 1. The van der Waals surface area contributed by atoms with E-state index in [9.17, 15) is 13.6 Å². The van der Waals surface area contributed by atoms with E-state index in [4.69, 9.17) is 5.11 Å². The van der Waals surface area contributed by atoms with Gasteiger partial charge in [-0.3, -0.25) is 4.79 Å². The molecule has 0 radical (unpaired) electrons. The molecule has 0 bridgehead atoms. The lowest BCUT2D eigenvalue weighted by Gasteiger charge is -2.01. The molecule has 0 amide bonds. The number of carboxylic acid groups (broad SMARTS) is 1. The summed E-state index contributed by atoms with van der Waals surface area (Å²) in [6.07, 6.45) is -2.98. The number of aliphatic carboxylic acids is 1. The Morgan fingerprint density at radius 1 is 1.62 bits per heavy atom. The number of nitrogens with two attached hydrogens (primary N) is 1. The Balaban J connectivity index is 3.64. The van der Waals surface area contributed by atoms with Crippen LogP contribution in [0.4, 0.5) is 8.78 Å². The third-order valence-electron chi connectivity index (χ3n) is 0.557. The minimum absolute atomic E-state index is 1.68. The molecule has 1 atom stereocenters. The number of halogens is 2. The molecule has 5 heteroatoms. The molecular weight excluding hydrogens is 120 g/mol. The van der Waals surface area contributed by atoms with Crippen LogP contribution in [0, 0.1) is 0 Å². The first kappa shape index (κ1) is 7.29. The average molecular weight is 125 g/mol. The van der Waals surface area contributed by atoms with Gasteiger partial charge in [-0.2, -0.15) is 0 Å². The standard InChI is InChI=1S/C3H5F2NO2/c4-2(5)1(6)3(7)8/h1-2H,6H2,(H,7,8)/t1-/m1/s1. The summed E-state index contributed by atoms with van der Waals surface area (Å²) >= 11 is 0. The van der Waals surface area contributed by atoms with Crippen molar-refractivity contribution in [2.45, 2.75) is 12.5 Å². The molecule has 0 aromatic heterocycles. The molecular formula is C3H5F2NO2. The van der Waals surface area contributed by atoms with Crippen LogP contribution >= 0.6 is 0 Å². The van der Waals surface area contributed by atoms with Crippen molar-refractivity contribution in [3.63, 3.8) is 0 Å². The summed E-state index contributed by atoms with van der Waals surface area (Å²) in [5, 5.41) is 7.75. The molecule has 0 spiro atoms. The molecule has 0 heterocycles. The quantitative estimate of drug-likeness (QED) is 0.530. The van der Waals surface area contributed by atoms with Crippen LogP contribution < -0.4 is 5.73 Å². The molecule has 3 nitrogen and oxygen atoms in total. The van der Waals surface area contributed by atoms with Crippen LogP contribution in [-0.2, 0) is 4.79 Å². The minimum atomic E-state index is -2.98. The molecule has 0 fully saturated rings. The summed E-state index contributed by atoms with van der Waals surface area (Å²) in [5.74, 6) is -1.68. The Kier molecular flexibility index (Phi) is 2.33. The van der Waals surface area contributed by atoms with Gasteiger partial charge in [-0.25, -0.2) is 8.78 Å². The predicted octanol–water partition coefficient (Wildman–Crippen LogP) is -0.337. The topological polar surface area (TPSA) is 63.3 Å². The first-order valence-electron chi connectivity index (χ1n) is 1.82. The first-order valence-corrected chi connectivity index (χ1v) is 1.82. The summed E-state index contributed by atoms with van der Waals surface area (Å²) in [7, 11) is 0. The van der Waals surface area contributed by atoms with Crippen LogP contribution in [0.5, 0.6) is 0 Å². The summed E-state index contributed by atoms with van der Waals surface area (Å²) in [5.41, 5.74) is 4.41. The zero-order valence-electron chi connectivity index (χ0n) is 3.84. The smallest absolute Gasteiger partial charge is 0.326 e. The summed E-state index contributed by atoms with van der Waals surface area (Å²) in [4.78, 5) is 9.54. The molecule has 3 N–H and O–H groups in total. The highest BCUT2D eigenvalue weighted by molar-refractivity contribution is 5.73. The maximum absolute atomic E-state index is 11.2. The van der Waals surface area contributed by atoms with Gasteiger partial charge in [0.25, 0.3) is 6.43 Å². The fourth-order valence-electron chi connectivity index (χ4n) is 0.108. The number of rotatable bonds is 2. The monoisotopic (exact) mass is 125 g/mol. The molecule has 0 aromatic carbocycles. The van der Waals surface area contributed by atoms with Crippen LogP contribution in [0.25, 0.3) is 0 Å². The Hall–Kier alpha value is -0.710. The van der Waals surface area contributed by atoms with Gasteiger partial charge in [0.1, 0.15) is 0 Å². The summed E-state index contributed by atoms with van der Waals surface area (Å²) in [6, 6.07) is -2.05. The lowest BCUT2D eigenvalue weighted by molar-refractivity contribution is -0.142. The van der Waals surface area contributed by atoms with Crippen LogP contribution in [0.1, 0.15) is 0 Å². The maximum Gasteiger partial charge on any atom is 0.326 e. The van der Waals surface area contributed by atoms with Gasteiger partial charge in [0.05, 0.1) is 0 Å². The SMILES string of the molecule is N[C@@H](C(=O)O)C(F)F. The van der Waals surface area contributed by atoms with Crippen molar-refractivity contribution in [1.82, 2.24) is 0 Å². The van der Waals surface area contributed by atoms with Gasteiger partial charge in [-0.05, 0) is 0 Å². The molecule has 0 aromatic rings. The van der Waals surface area contributed by atoms with Gasteiger partial charge < -0.3 is 10.8 Å². The van der Waals surface area contributed by atoms with Crippen LogP contribution in [-0.4, -0.2) is 23.5 Å². The van der Waals surface area contributed by atoms with E-state index >= 15 is 0 Å². The van der Waals surface area contributed by atoms with E-state index in [0.29, 0.717) is 0 Å². The van der Waals surface area contributed by atoms with Crippen molar-refractivity contribution in [1.29, 1.82) is 0 Å². The fourth-order valence-corrected chi connectivity index (χ4v) is 0.108. The number of hydrogen-bond donors (Lipinski definition) is 2. The van der Waals surface area contributed by atoms with Crippen molar-refractivity contribution in [3.05, 3.63) is 0 Å². The molecule has 0 rings (SSSR count). The first-order chi connectivity index (χ1) is 3.55. The van der Waals surface area contributed by atoms with E-state index in [-0.39, 0.29) is 0 Å². The fraction of sp³-hybridized carbons (Fsp3) is 0.667. The van der Waals surface area contributed by atoms with Gasteiger partial charge in [-0.15, -0.1) is 0 Å². The Labute approximate surface area is 44.1 Å². The lowest BCUT2D eigenvalue weighted by atomic mass is 10.3. The minimum Gasteiger partial charge on any atom is -0.480 e. The Morgan fingerprint density at radius 2 is 2.00 bits per heavy atom. The van der Waals surface area contributed by atoms with Crippen molar-refractivity contribution < 1.29 is 18.7 Å². The average Bonchev–Trinajstić information content (AvgIpc) is 1.64. The second kappa shape index (κ2) is 2.56. The van der Waals surface area contributed by atoms with Crippen LogP contribution in [0.2, 0.25) is 0 Å². The van der Waals surface area contributed by atoms with Crippen LogP contribution in [0.15, 0.2) is 0 Å². The molecule has 0 aliphatic rings. The highest BCUT2D eigenvalue weighted by Gasteiger charge is 2.22. The highest BCUT2D eigenvalue weighted by Crippen LogP contribution is 1.96. The molecule has 0 aliphatic heterocycles. The van der Waals surface area contributed by atoms with Crippen LogP contribution in [0.3, 0.4) is 0 Å². The van der Waals surface area contributed by atoms with Crippen molar-refractivity contribution in [3.8, 4) is 0 Å². The lowest BCUT2D eigenvalue weighted by Crippen LogP contribution is -2.36. The largest absolute Gasteiger partial charge is 0.480 e. The zero-order chi connectivity index (χ0) is 6.73. The van der Waals surface area contributed by atoms with Gasteiger partial charge in [-0.1, -0.05) is 0 Å². The Bertz CT molecular complexity index is 95.3. The van der Waals surface area contributed by atoms with Crippen molar-refractivity contribution >= 4 is 5.97 Å². The van der Waals surface area contributed by atoms with E-state index in [2.05, 4.69) is 5.73 Å². The van der Waals surface area contributed by atoms with E-state index in [1.54, 1.807) is 0 Å². The van der Waals surface area contributed by atoms with Crippen molar-refractivity contribution in [2.24, 2.45) is 5.73 Å². The molecule has 0 saturated heterocycles. The number of alkyl halides is 2. The van der Waals surface area contributed by atoms with E-state index in [1.807, 2.05) is 0 Å². The number of hydrogen-bond acceptors (Lipinski definition) is 2. The summed E-state index contributed by atoms with van der Waals surface area (Å²) in [6.45, 7) is 0. The van der Waals surface area contributed by atoms with E-state index in [1.165, 1.54) is 0 Å². The highest BCUT2D eigenvalue weighted by atomic mass is 19.3. The second-order valence-electron chi connectivity index (χ2n) is 1.20. The molecule has 8 heavy (non-hydrogen) atoms. The third kappa shape index (κ3) is 1.83. The molecule has 0 aliphatic carbocycles. The summed E-state index contributed by atoms with van der Waals surface area (Å²) < 4.78 is 22.3. The third-order valence-corrected chi connectivity index (χ3v) is 0.557. The van der Waals surface area contributed by atoms with Gasteiger partial charge in [0, 0.05) is 0 Å². The van der Waals surface area contributed by atoms with Gasteiger partial charge in [0.2, 0.25) is 0 Å². The van der Waals surface area contributed by atoms with Gasteiger partial charge in [0.15, 0.2) is 6.04 Å². The number of carbonyl (C=O) groups is 1. The van der Waals surface area contributed by atoms with E-state index < -0.39 is 18.4 Å². The Morgan fingerprint density at radius 3 is 2.00 bits per heavy atom. The normalized spacial score (nSPS) is 14.0. The van der Waals surface area contributed by atoms with Gasteiger partial charge >= 0.3 is 5.97 Å². The van der Waals surface area contributed by atoms with E-state index in [0.717, 1.165) is 0 Å². The molecule has 0 unspecified atom stereocenters. The molecule has 48 valence electrons. The predicted molar refractivity (Wildman–Crippen MR) is 21.6 cm³/mol. The van der Waals surface area contributed by atoms with Crippen molar-refractivity contribution in [2.75, 3.05) is 0 Å². The zero-order valence-corrected chi connectivity index (χ0v) is 3.84. The maximum atomic E-state index is 11.2. The molecule has 0 saturated carbocycles.